The zero-order valence-electron chi connectivity index (χ0n) is 10.5. The van der Waals surface area contributed by atoms with E-state index in [0.717, 1.165) is 0 Å². The SMILES string of the molecule is NCc1ccccc1C1(CN2CCCC2)CC1. The van der Waals surface area contributed by atoms with Crippen LogP contribution in [0.1, 0.15) is 36.8 Å². The van der Waals surface area contributed by atoms with Crippen LogP contribution < -0.4 is 5.73 Å². The van der Waals surface area contributed by atoms with E-state index in [1.165, 1.54) is 56.4 Å². The number of benzene rings is 1. The maximum absolute atomic E-state index is 5.87. The van der Waals surface area contributed by atoms with Gasteiger partial charge in [-0.25, -0.2) is 0 Å². The highest BCUT2D eigenvalue weighted by molar-refractivity contribution is 5.39. The summed E-state index contributed by atoms with van der Waals surface area (Å²) in [6.07, 6.45) is 5.46. The Morgan fingerprint density at radius 1 is 1.12 bits per heavy atom. The van der Waals surface area contributed by atoms with E-state index in [-0.39, 0.29) is 0 Å². The van der Waals surface area contributed by atoms with E-state index in [2.05, 4.69) is 29.2 Å². The molecule has 0 spiro atoms. The molecule has 92 valence electrons. The average Bonchev–Trinajstić information content (AvgIpc) is 2.96. The van der Waals surface area contributed by atoms with E-state index < -0.39 is 0 Å². The van der Waals surface area contributed by atoms with Crippen LogP contribution in [0.2, 0.25) is 0 Å². The second-order valence-electron chi connectivity index (χ2n) is 5.62. The monoisotopic (exact) mass is 230 g/mol. The summed E-state index contributed by atoms with van der Waals surface area (Å²) in [6.45, 7) is 4.53. The zero-order chi connectivity index (χ0) is 11.7. The molecule has 1 aliphatic heterocycles. The molecular weight excluding hydrogens is 208 g/mol. The van der Waals surface area contributed by atoms with Gasteiger partial charge >= 0.3 is 0 Å². The number of rotatable bonds is 4. The van der Waals surface area contributed by atoms with E-state index in [0.29, 0.717) is 12.0 Å². The molecule has 3 rings (SSSR count). The van der Waals surface area contributed by atoms with E-state index in [1.807, 2.05) is 0 Å². The minimum Gasteiger partial charge on any atom is -0.326 e. The lowest BCUT2D eigenvalue weighted by atomic mass is 9.91. The molecule has 2 fully saturated rings. The summed E-state index contributed by atoms with van der Waals surface area (Å²) >= 11 is 0. The topological polar surface area (TPSA) is 29.3 Å². The summed E-state index contributed by atoms with van der Waals surface area (Å²) < 4.78 is 0. The van der Waals surface area contributed by atoms with Crippen molar-refractivity contribution in [3.8, 4) is 0 Å². The van der Waals surface area contributed by atoms with Crippen LogP contribution in [0.5, 0.6) is 0 Å². The van der Waals surface area contributed by atoms with Gasteiger partial charge in [-0.2, -0.15) is 0 Å². The molecule has 2 N–H and O–H groups in total. The first kappa shape index (κ1) is 11.2. The van der Waals surface area contributed by atoms with Gasteiger partial charge in [-0.3, -0.25) is 0 Å². The van der Waals surface area contributed by atoms with Crippen LogP contribution in [0.4, 0.5) is 0 Å². The first-order chi connectivity index (χ1) is 8.34. The van der Waals surface area contributed by atoms with Crippen LogP contribution in [0.3, 0.4) is 0 Å². The third kappa shape index (κ3) is 2.12. The largest absolute Gasteiger partial charge is 0.326 e. The Labute approximate surface area is 104 Å². The lowest BCUT2D eigenvalue weighted by molar-refractivity contribution is 0.304. The molecule has 1 saturated carbocycles. The molecule has 2 aliphatic rings. The van der Waals surface area contributed by atoms with Crippen molar-refractivity contribution < 1.29 is 0 Å². The maximum atomic E-state index is 5.87. The van der Waals surface area contributed by atoms with Gasteiger partial charge in [0.1, 0.15) is 0 Å². The van der Waals surface area contributed by atoms with E-state index in [4.69, 9.17) is 5.73 Å². The standard InChI is InChI=1S/C15H22N2/c16-11-13-5-1-2-6-14(13)15(7-8-15)12-17-9-3-4-10-17/h1-2,5-6H,3-4,7-12,16H2. The maximum Gasteiger partial charge on any atom is 0.0181 e. The predicted molar refractivity (Wildman–Crippen MR) is 70.9 cm³/mol. The second kappa shape index (κ2) is 4.43. The molecule has 0 bridgehead atoms. The van der Waals surface area contributed by atoms with Gasteiger partial charge < -0.3 is 10.6 Å². The van der Waals surface area contributed by atoms with Crippen molar-refractivity contribution >= 4 is 0 Å². The Balaban J connectivity index is 1.81. The summed E-state index contributed by atoms with van der Waals surface area (Å²) in [5.74, 6) is 0. The highest BCUT2D eigenvalue weighted by atomic mass is 15.1. The molecule has 1 aliphatic carbocycles. The predicted octanol–water partition coefficient (Wildman–Crippen LogP) is 2.27. The molecule has 1 aromatic rings. The Morgan fingerprint density at radius 2 is 1.82 bits per heavy atom. The first-order valence-corrected chi connectivity index (χ1v) is 6.85. The van der Waals surface area contributed by atoms with Crippen molar-refractivity contribution in [1.29, 1.82) is 0 Å². The molecule has 0 aromatic heterocycles. The molecular formula is C15H22N2. The van der Waals surface area contributed by atoms with Gasteiger partial charge in [-0.05, 0) is 49.9 Å². The average molecular weight is 230 g/mol. The molecule has 1 aromatic carbocycles. The Morgan fingerprint density at radius 3 is 2.47 bits per heavy atom. The fourth-order valence-corrected chi connectivity index (χ4v) is 3.25. The smallest absolute Gasteiger partial charge is 0.0181 e. The van der Waals surface area contributed by atoms with E-state index in [9.17, 15) is 0 Å². The van der Waals surface area contributed by atoms with Crippen LogP contribution in [0.25, 0.3) is 0 Å². The molecule has 0 radical (unpaired) electrons. The van der Waals surface area contributed by atoms with Crippen molar-refractivity contribution in [3.63, 3.8) is 0 Å². The van der Waals surface area contributed by atoms with Crippen LogP contribution >= 0.6 is 0 Å². The van der Waals surface area contributed by atoms with Gasteiger partial charge in [0.05, 0.1) is 0 Å². The number of likely N-dealkylation sites (tertiary alicyclic amines) is 1. The molecule has 2 nitrogen and oxygen atoms in total. The molecule has 0 atom stereocenters. The van der Waals surface area contributed by atoms with Gasteiger partial charge in [0.2, 0.25) is 0 Å². The Bertz CT molecular complexity index is 390. The number of nitrogens with zero attached hydrogens (tertiary/aromatic N) is 1. The number of hydrogen-bond acceptors (Lipinski definition) is 2. The third-order valence-electron chi connectivity index (χ3n) is 4.39. The van der Waals surface area contributed by atoms with E-state index in [1.54, 1.807) is 0 Å². The van der Waals surface area contributed by atoms with Crippen molar-refractivity contribution in [2.45, 2.75) is 37.6 Å². The molecule has 17 heavy (non-hydrogen) atoms. The van der Waals surface area contributed by atoms with E-state index >= 15 is 0 Å². The molecule has 2 heteroatoms. The first-order valence-electron chi connectivity index (χ1n) is 6.85. The lowest BCUT2D eigenvalue weighted by Crippen LogP contribution is -2.31. The third-order valence-corrected chi connectivity index (χ3v) is 4.39. The van der Waals surface area contributed by atoms with Gasteiger partial charge in [0.25, 0.3) is 0 Å². The van der Waals surface area contributed by atoms with Crippen molar-refractivity contribution in [2.24, 2.45) is 5.73 Å². The highest BCUT2D eigenvalue weighted by Crippen LogP contribution is 2.50. The normalized spacial score (nSPS) is 22.9. The van der Waals surface area contributed by atoms with Crippen LogP contribution in [0, 0.1) is 0 Å². The van der Waals surface area contributed by atoms with Crippen LogP contribution in [-0.2, 0) is 12.0 Å². The van der Waals surface area contributed by atoms with Crippen molar-refractivity contribution in [3.05, 3.63) is 35.4 Å². The minimum atomic E-state index is 0.445. The molecule has 1 heterocycles. The molecule has 0 amide bonds. The lowest BCUT2D eigenvalue weighted by Gasteiger charge is -2.25. The number of nitrogens with two attached hydrogens (primary N) is 1. The van der Waals surface area contributed by atoms with Gasteiger partial charge in [-0.1, -0.05) is 24.3 Å². The fraction of sp³-hybridized carbons (Fsp3) is 0.600. The van der Waals surface area contributed by atoms with Crippen LogP contribution in [0.15, 0.2) is 24.3 Å². The second-order valence-corrected chi connectivity index (χ2v) is 5.62. The van der Waals surface area contributed by atoms with Crippen molar-refractivity contribution in [2.75, 3.05) is 19.6 Å². The Hall–Kier alpha value is -0.860. The summed E-state index contributed by atoms with van der Waals surface area (Å²) in [4.78, 5) is 2.64. The quantitative estimate of drug-likeness (QED) is 0.860. The molecule has 0 unspecified atom stereocenters. The summed E-state index contributed by atoms with van der Waals surface area (Å²) in [6, 6.07) is 8.76. The zero-order valence-corrected chi connectivity index (χ0v) is 10.5. The van der Waals surface area contributed by atoms with Gasteiger partial charge in [-0.15, -0.1) is 0 Å². The summed E-state index contributed by atoms with van der Waals surface area (Å²) in [5, 5.41) is 0. The van der Waals surface area contributed by atoms with Crippen molar-refractivity contribution in [1.82, 2.24) is 4.90 Å². The summed E-state index contributed by atoms with van der Waals surface area (Å²) in [7, 11) is 0. The number of hydrogen-bond donors (Lipinski definition) is 1. The fourth-order valence-electron chi connectivity index (χ4n) is 3.25. The van der Waals surface area contributed by atoms with Crippen LogP contribution in [-0.4, -0.2) is 24.5 Å². The van der Waals surface area contributed by atoms with Gasteiger partial charge in [0.15, 0.2) is 0 Å². The highest BCUT2D eigenvalue weighted by Gasteiger charge is 2.46. The Kier molecular flexibility index (Phi) is 2.93. The summed E-state index contributed by atoms with van der Waals surface area (Å²) in [5.41, 5.74) is 9.19. The minimum absolute atomic E-state index is 0.445. The molecule has 1 saturated heterocycles. The van der Waals surface area contributed by atoms with Gasteiger partial charge in [0, 0.05) is 18.5 Å².